The molecule has 0 radical (unpaired) electrons. The van der Waals surface area contributed by atoms with Crippen LogP contribution in [-0.2, 0) is 4.74 Å². The number of alkyl halides is 4. The van der Waals surface area contributed by atoms with Gasteiger partial charge in [0, 0.05) is 12.1 Å². The highest BCUT2D eigenvalue weighted by molar-refractivity contribution is 6.21. The van der Waals surface area contributed by atoms with Crippen molar-refractivity contribution in [1.82, 2.24) is 0 Å². The first-order valence-electron chi connectivity index (χ1n) is 5.90. The van der Waals surface area contributed by atoms with Gasteiger partial charge in [0.2, 0.25) is 0 Å². The van der Waals surface area contributed by atoms with Crippen molar-refractivity contribution < 1.29 is 32.1 Å². The minimum Gasteiger partial charge on any atom is -0.496 e. The molecular formula is C13H16ClF3O4. The molecule has 0 saturated carbocycles. The molecule has 120 valence electrons. The number of hydrogen-bond donors (Lipinski definition) is 0. The number of methoxy groups -OCH3 is 3. The molecule has 0 spiro atoms. The molecule has 1 atom stereocenters. The van der Waals surface area contributed by atoms with E-state index >= 15 is 0 Å². The first-order chi connectivity index (χ1) is 9.82. The maximum absolute atomic E-state index is 12.1. The third kappa shape index (κ3) is 5.17. The van der Waals surface area contributed by atoms with E-state index in [1.54, 1.807) is 12.1 Å². The van der Waals surface area contributed by atoms with Crippen molar-refractivity contribution in [1.29, 1.82) is 0 Å². The van der Waals surface area contributed by atoms with Crippen LogP contribution in [0.2, 0.25) is 0 Å². The fourth-order valence-electron chi connectivity index (χ4n) is 1.70. The van der Waals surface area contributed by atoms with Crippen LogP contribution in [0.1, 0.15) is 10.9 Å². The summed E-state index contributed by atoms with van der Waals surface area (Å²) in [6.45, 7) is -1.70. The summed E-state index contributed by atoms with van der Waals surface area (Å²) in [5.74, 6) is 1.18. The zero-order valence-electron chi connectivity index (χ0n) is 11.8. The maximum Gasteiger partial charge on any atom is 0.411 e. The van der Waals surface area contributed by atoms with E-state index in [2.05, 4.69) is 4.74 Å². The van der Waals surface area contributed by atoms with Crippen LogP contribution in [0.25, 0.3) is 0 Å². The summed E-state index contributed by atoms with van der Waals surface area (Å²) >= 11 is 6.11. The molecule has 0 aliphatic rings. The average Bonchev–Trinajstić information content (AvgIpc) is 2.43. The van der Waals surface area contributed by atoms with Gasteiger partial charge in [0.05, 0.1) is 38.9 Å². The Morgan fingerprint density at radius 3 is 1.95 bits per heavy atom. The highest BCUT2D eigenvalue weighted by Gasteiger charge is 2.29. The molecule has 0 aliphatic carbocycles. The molecule has 0 saturated heterocycles. The molecule has 0 N–H and O–H groups in total. The molecule has 8 heteroatoms. The Hall–Kier alpha value is -1.34. The van der Waals surface area contributed by atoms with E-state index in [0.29, 0.717) is 22.8 Å². The second-order valence-corrected chi connectivity index (χ2v) is 4.57. The fraction of sp³-hybridized carbons (Fsp3) is 0.538. The SMILES string of the molecule is COc1cc(OC)c(C(Cl)COCC(F)(F)F)c(OC)c1. The summed E-state index contributed by atoms with van der Waals surface area (Å²) < 4.78 is 56.2. The molecule has 4 nitrogen and oxygen atoms in total. The van der Waals surface area contributed by atoms with Crippen molar-refractivity contribution in [3.63, 3.8) is 0 Å². The third-order valence-electron chi connectivity index (χ3n) is 2.60. The van der Waals surface area contributed by atoms with Gasteiger partial charge in [-0.25, -0.2) is 0 Å². The van der Waals surface area contributed by atoms with Crippen LogP contribution >= 0.6 is 11.6 Å². The van der Waals surface area contributed by atoms with E-state index in [1.165, 1.54) is 21.3 Å². The van der Waals surface area contributed by atoms with Crippen molar-refractivity contribution in [3.05, 3.63) is 17.7 Å². The number of ether oxygens (including phenoxy) is 4. The topological polar surface area (TPSA) is 36.9 Å². The van der Waals surface area contributed by atoms with Crippen molar-refractivity contribution in [2.24, 2.45) is 0 Å². The van der Waals surface area contributed by atoms with Crippen molar-refractivity contribution in [2.45, 2.75) is 11.6 Å². The first-order valence-corrected chi connectivity index (χ1v) is 6.34. The minimum absolute atomic E-state index is 0.333. The van der Waals surface area contributed by atoms with Crippen molar-refractivity contribution in [2.75, 3.05) is 34.5 Å². The van der Waals surface area contributed by atoms with Crippen LogP contribution in [0.3, 0.4) is 0 Å². The molecule has 1 aromatic carbocycles. The van der Waals surface area contributed by atoms with Crippen LogP contribution in [0, 0.1) is 0 Å². The number of hydrogen-bond acceptors (Lipinski definition) is 4. The Morgan fingerprint density at radius 2 is 1.57 bits per heavy atom. The van der Waals surface area contributed by atoms with E-state index in [9.17, 15) is 13.2 Å². The van der Waals surface area contributed by atoms with Crippen molar-refractivity contribution >= 4 is 11.6 Å². The largest absolute Gasteiger partial charge is 0.496 e. The van der Waals surface area contributed by atoms with Crippen LogP contribution in [-0.4, -0.2) is 40.7 Å². The van der Waals surface area contributed by atoms with E-state index in [1.807, 2.05) is 0 Å². The van der Waals surface area contributed by atoms with Crippen LogP contribution < -0.4 is 14.2 Å². The second kappa shape index (κ2) is 7.61. The van der Waals surface area contributed by atoms with Crippen LogP contribution in [0.5, 0.6) is 17.2 Å². The smallest absolute Gasteiger partial charge is 0.411 e. The third-order valence-corrected chi connectivity index (χ3v) is 2.94. The molecule has 1 aromatic rings. The summed E-state index contributed by atoms with van der Waals surface area (Å²) in [5.41, 5.74) is 0.407. The van der Waals surface area contributed by atoms with E-state index in [0.717, 1.165) is 0 Å². The molecule has 1 rings (SSSR count). The van der Waals surface area contributed by atoms with Gasteiger partial charge >= 0.3 is 6.18 Å². The highest BCUT2D eigenvalue weighted by Crippen LogP contribution is 2.41. The summed E-state index contributed by atoms with van der Waals surface area (Å²) in [5, 5.41) is -0.858. The summed E-state index contributed by atoms with van der Waals surface area (Å²) in [6.07, 6.45) is -4.40. The zero-order valence-corrected chi connectivity index (χ0v) is 12.5. The Labute approximate surface area is 125 Å². The van der Waals surface area contributed by atoms with Gasteiger partial charge < -0.3 is 18.9 Å². The highest BCUT2D eigenvalue weighted by atomic mass is 35.5. The lowest BCUT2D eigenvalue weighted by Crippen LogP contribution is -2.19. The number of halogens is 4. The maximum atomic E-state index is 12.1. The molecule has 0 fully saturated rings. The summed E-state index contributed by atoms with van der Waals surface area (Å²) in [6, 6.07) is 3.13. The standard InChI is InChI=1S/C13H16ClF3O4/c1-18-8-4-10(19-2)12(11(5-8)20-3)9(14)6-21-7-13(15,16)17/h4-5,9H,6-7H2,1-3H3. The molecule has 0 aromatic heterocycles. The predicted octanol–water partition coefficient (Wildman–Crippen LogP) is 3.57. The lowest BCUT2D eigenvalue weighted by atomic mass is 10.1. The lowest BCUT2D eigenvalue weighted by molar-refractivity contribution is -0.173. The van der Waals surface area contributed by atoms with Gasteiger partial charge in [-0.3, -0.25) is 0 Å². The molecular weight excluding hydrogens is 313 g/mol. The first kappa shape index (κ1) is 17.7. The minimum atomic E-state index is -4.40. The zero-order chi connectivity index (χ0) is 16.0. The van der Waals surface area contributed by atoms with E-state index in [-0.39, 0.29) is 6.61 Å². The molecule has 0 bridgehead atoms. The van der Waals surface area contributed by atoms with Gasteiger partial charge in [-0.05, 0) is 0 Å². The van der Waals surface area contributed by atoms with E-state index in [4.69, 9.17) is 25.8 Å². The molecule has 1 unspecified atom stereocenters. The average molecular weight is 329 g/mol. The van der Waals surface area contributed by atoms with Gasteiger partial charge in [0.1, 0.15) is 23.9 Å². The molecule has 0 amide bonds. The van der Waals surface area contributed by atoms with Gasteiger partial charge in [-0.15, -0.1) is 11.6 Å². The Kier molecular flexibility index (Phi) is 6.42. The Bertz CT molecular complexity index is 440. The van der Waals surface area contributed by atoms with Gasteiger partial charge in [-0.1, -0.05) is 0 Å². The molecule has 21 heavy (non-hydrogen) atoms. The molecule has 0 aliphatic heterocycles. The Morgan fingerprint density at radius 1 is 1.05 bits per heavy atom. The summed E-state index contributed by atoms with van der Waals surface area (Å²) in [4.78, 5) is 0. The fourth-order valence-corrected chi connectivity index (χ4v) is 2.01. The predicted molar refractivity (Wildman–Crippen MR) is 71.6 cm³/mol. The molecule has 0 heterocycles. The van der Waals surface area contributed by atoms with Gasteiger partial charge in [0.15, 0.2) is 0 Å². The Balaban J connectivity index is 2.93. The number of benzene rings is 1. The van der Waals surface area contributed by atoms with E-state index < -0.39 is 18.2 Å². The second-order valence-electron chi connectivity index (χ2n) is 4.04. The van der Waals surface area contributed by atoms with Gasteiger partial charge in [0.25, 0.3) is 0 Å². The van der Waals surface area contributed by atoms with Crippen molar-refractivity contribution in [3.8, 4) is 17.2 Å². The van der Waals surface area contributed by atoms with Crippen LogP contribution in [0.15, 0.2) is 12.1 Å². The van der Waals surface area contributed by atoms with Crippen LogP contribution in [0.4, 0.5) is 13.2 Å². The summed E-state index contributed by atoms with van der Waals surface area (Å²) in [7, 11) is 4.30. The monoisotopic (exact) mass is 328 g/mol. The quantitative estimate of drug-likeness (QED) is 0.717. The normalized spacial score (nSPS) is 12.9. The van der Waals surface area contributed by atoms with Gasteiger partial charge in [-0.2, -0.15) is 13.2 Å². The number of rotatable bonds is 7. The lowest BCUT2D eigenvalue weighted by Gasteiger charge is -2.19.